The molecule has 27 heavy (non-hydrogen) atoms. The van der Waals surface area contributed by atoms with Crippen molar-refractivity contribution in [2.45, 2.75) is 65.3 Å². The average Bonchev–Trinajstić information content (AvgIpc) is 3.01. The van der Waals surface area contributed by atoms with Crippen LogP contribution in [0.15, 0.2) is 12.4 Å². The van der Waals surface area contributed by atoms with Gasteiger partial charge in [-0.3, -0.25) is 9.78 Å². The lowest BCUT2D eigenvalue weighted by Crippen LogP contribution is -2.43. The van der Waals surface area contributed by atoms with E-state index in [1.807, 2.05) is 11.8 Å². The first kappa shape index (κ1) is 18.1. The van der Waals surface area contributed by atoms with Crippen LogP contribution in [-0.2, 0) is 13.0 Å². The van der Waals surface area contributed by atoms with Crippen LogP contribution in [0.2, 0.25) is 0 Å². The van der Waals surface area contributed by atoms with Gasteiger partial charge in [0.2, 0.25) is 0 Å². The quantitative estimate of drug-likeness (QED) is 0.815. The van der Waals surface area contributed by atoms with E-state index in [-0.39, 0.29) is 5.91 Å². The summed E-state index contributed by atoms with van der Waals surface area (Å²) in [6.45, 7) is 8.82. The topological polar surface area (TPSA) is 76.8 Å². The Hall–Kier alpha value is -2.31. The summed E-state index contributed by atoms with van der Waals surface area (Å²) < 4.78 is 2.33. The molecule has 2 aromatic heterocycles. The summed E-state index contributed by atoms with van der Waals surface area (Å²) in [4.78, 5) is 23.1. The second-order valence-electron chi connectivity index (χ2n) is 8.37. The largest absolute Gasteiger partial charge is 0.337 e. The summed E-state index contributed by atoms with van der Waals surface area (Å²) in [5.41, 5.74) is 1.59. The van der Waals surface area contributed by atoms with Crippen molar-refractivity contribution in [3.05, 3.63) is 35.4 Å². The van der Waals surface area contributed by atoms with Gasteiger partial charge in [-0.2, -0.15) is 0 Å². The van der Waals surface area contributed by atoms with Crippen LogP contribution in [0.5, 0.6) is 0 Å². The number of likely N-dealkylation sites (tertiary alicyclic amines) is 1. The second kappa shape index (κ2) is 7.02. The van der Waals surface area contributed by atoms with E-state index in [1.165, 1.54) is 0 Å². The lowest BCUT2D eigenvalue weighted by Gasteiger charge is -2.41. The molecule has 0 N–H and O–H groups in total. The maximum Gasteiger partial charge on any atom is 0.274 e. The van der Waals surface area contributed by atoms with E-state index < -0.39 is 0 Å². The third kappa shape index (κ3) is 3.47. The van der Waals surface area contributed by atoms with Gasteiger partial charge in [0.25, 0.3) is 5.91 Å². The smallest absolute Gasteiger partial charge is 0.274 e. The monoisotopic (exact) mass is 368 g/mol. The van der Waals surface area contributed by atoms with Gasteiger partial charge in [0, 0.05) is 38.2 Å². The van der Waals surface area contributed by atoms with Crippen LogP contribution in [-0.4, -0.2) is 48.6 Å². The van der Waals surface area contributed by atoms with E-state index in [0.717, 1.165) is 69.1 Å². The van der Waals surface area contributed by atoms with Gasteiger partial charge in [-0.15, -0.1) is 10.2 Å². The summed E-state index contributed by atoms with van der Waals surface area (Å²) in [6, 6.07) is 0. The molecule has 0 bridgehead atoms. The Balaban J connectivity index is 1.41. The molecule has 0 atom stereocenters. The highest BCUT2D eigenvalue weighted by Crippen LogP contribution is 2.42. The molecule has 1 spiro atoms. The number of aryl methyl sites for hydroxylation is 2. The van der Waals surface area contributed by atoms with Gasteiger partial charge >= 0.3 is 0 Å². The van der Waals surface area contributed by atoms with E-state index in [0.29, 0.717) is 17.0 Å². The van der Waals surface area contributed by atoms with Gasteiger partial charge in [0.1, 0.15) is 17.3 Å². The SMILES string of the molecule is Cc1cnc(C(=O)N2CCC3(CCc4nnc(C(C)C)n4CC3)CC2)cn1. The van der Waals surface area contributed by atoms with Crippen molar-refractivity contribution in [2.75, 3.05) is 13.1 Å². The molecule has 7 heteroatoms. The highest BCUT2D eigenvalue weighted by atomic mass is 16.2. The van der Waals surface area contributed by atoms with Crippen LogP contribution in [0.1, 0.15) is 73.3 Å². The van der Waals surface area contributed by atoms with E-state index in [4.69, 9.17) is 0 Å². The fraction of sp³-hybridized carbons (Fsp3) is 0.650. The molecule has 0 saturated carbocycles. The van der Waals surface area contributed by atoms with Crippen molar-refractivity contribution in [3.8, 4) is 0 Å². The molecule has 7 nitrogen and oxygen atoms in total. The van der Waals surface area contributed by atoms with Crippen LogP contribution < -0.4 is 0 Å². The Bertz CT molecular complexity index is 817. The third-order valence-corrected chi connectivity index (χ3v) is 6.23. The van der Waals surface area contributed by atoms with Gasteiger partial charge in [-0.1, -0.05) is 13.8 Å². The van der Waals surface area contributed by atoms with Crippen LogP contribution in [0.25, 0.3) is 0 Å². The van der Waals surface area contributed by atoms with Crippen molar-refractivity contribution >= 4 is 5.91 Å². The van der Waals surface area contributed by atoms with Gasteiger partial charge < -0.3 is 9.47 Å². The maximum atomic E-state index is 12.7. The first-order valence-corrected chi connectivity index (χ1v) is 9.97. The Kier molecular flexibility index (Phi) is 4.70. The molecule has 0 unspecified atom stereocenters. The number of amides is 1. The lowest BCUT2D eigenvalue weighted by molar-refractivity contribution is 0.0529. The average molecular weight is 368 g/mol. The lowest BCUT2D eigenvalue weighted by atomic mass is 9.72. The minimum atomic E-state index is 0.00481. The second-order valence-corrected chi connectivity index (χ2v) is 8.37. The van der Waals surface area contributed by atoms with Gasteiger partial charge in [0.05, 0.1) is 11.9 Å². The van der Waals surface area contributed by atoms with E-state index in [9.17, 15) is 4.79 Å². The standard InChI is InChI=1S/C20H28N6O/c1-14(2)18-24-23-17-4-5-20(8-11-26(17)18)6-9-25(10-7-20)19(27)16-13-21-15(3)12-22-16/h12-14H,4-11H2,1-3H3. The number of carbonyl (C=O) groups excluding carboxylic acids is 1. The molecule has 1 fully saturated rings. The van der Waals surface area contributed by atoms with Crippen molar-refractivity contribution in [3.63, 3.8) is 0 Å². The molecular formula is C20H28N6O. The predicted octanol–water partition coefficient (Wildman–Crippen LogP) is 2.76. The Morgan fingerprint density at radius 2 is 1.78 bits per heavy atom. The fourth-order valence-electron chi connectivity index (χ4n) is 4.40. The number of carbonyl (C=O) groups is 1. The molecule has 2 aliphatic heterocycles. The number of hydrogen-bond donors (Lipinski definition) is 0. The highest BCUT2D eigenvalue weighted by molar-refractivity contribution is 5.92. The summed E-state index contributed by atoms with van der Waals surface area (Å²) in [5.74, 6) is 2.64. The molecule has 2 aromatic rings. The van der Waals surface area contributed by atoms with Crippen LogP contribution in [0.3, 0.4) is 0 Å². The first-order chi connectivity index (χ1) is 13.0. The van der Waals surface area contributed by atoms with Crippen molar-refractivity contribution < 1.29 is 4.79 Å². The number of aromatic nitrogens is 5. The fourth-order valence-corrected chi connectivity index (χ4v) is 4.40. The van der Waals surface area contributed by atoms with E-state index in [1.54, 1.807) is 12.4 Å². The molecule has 0 aliphatic carbocycles. The number of fused-ring (bicyclic) bond motifs is 1. The van der Waals surface area contributed by atoms with Crippen molar-refractivity contribution in [1.82, 2.24) is 29.6 Å². The first-order valence-electron chi connectivity index (χ1n) is 9.97. The number of nitrogens with zero attached hydrogens (tertiary/aromatic N) is 6. The van der Waals surface area contributed by atoms with Gasteiger partial charge in [-0.05, 0) is 38.0 Å². The van der Waals surface area contributed by atoms with Crippen LogP contribution in [0, 0.1) is 12.3 Å². The molecular weight excluding hydrogens is 340 g/mol. The minimum Gasteiger partial charge on any atom is -0.337 e. The number of hydrogen-bond acceptors (Lipinski definition) is 5. The third-order valence-electron chi connectivity index (χ3n) is 6.23. The molecule has 1 saturated heterocycles. The van der Waals surface area contributed by atoms with Gasteiger partial charge in [0.15, 0.2) is 0 Å². The minimum absolute atomic E-state index is 0.00481. The number of piperidine rings is 1. The zero-order chi connectivity index (χ0) is 19.0. The number of rotatable bonds is 2. The van der Waals surface area contributed by atoms with E-state index in [2.05, 4.69) is 38.6 Å². The molecule has 1 amide bonds. The summed E-state index contributed by atoms with van der Waals surface area (Å²) in [7, 11) is 0. The van der Waals surface area contributed by atoms with Crippen molar-refractivity contribution in [2.24, 2.45) is 5.41 Å². The predicted molar refractivity (Wildman–Crippen MR) is 101 cm³/mol. The molecule has 2 aliphatic rings. The van der Waals surface area contributed by atoms with E-state index >= 15 is 0 Å². The van der Waals surface area contributed by atoms with Gasteiger partial charge in [-0.25, -0.2) is 4.98 Å². The zero-order valence-electron chi connectivity index (χ0n) is 16.5. The van der Waals surface area contributed by atoms with Crippen LogP contribution in [0.4, 0.5) is 0 Å². The zero-order valence-corrected chi connectivity index (χ0v) is 16.5. The van der Waals surface area contributed by atoms with Crippen LogP contribution >= 0.6 is 0 Å². The summed E-state index contributed by atoms with van der Waals surface area (Å²) in [5, 5.41) is 8.83. The van der Waals surface area contributed by atoms with Crippen molar-refractivity contribution in [1.29, 1.82) is 0 Å². The molecule has 0 radical (unpaired) electrons. The Morgan fingerprint density at radius 3 is 2.44 bits per heavy atom. The molecule has 4 rings (SSSR count). The summed E-state index contributed by atoms with van der Waals surface area (Å²) >= 11 is 0. The highest BCUT2D eigenvalue weighted by Gasteiger charge is 2.38. The Labute approximate surface area is 160 Å². The maximum absolute atomic E-state index is 12.7. The molecule has 144 valence electrons. The Morgan fingerprint density at radius 1 is 1.04 bits per heavy atom. The summed E-state index contributed by atoms with van der Waals surface area (Å²) in [6.07, 6.45) is 8.61. The molecule has 0 aromatic carbocycles. The molecule has 4 heterocycles. The normalized spacial score (nSPS) is 19.2.